The third-order valence-electron chi connectivity index (χ3n) is 3.40. The number of carbonyl (C=O) groups is 1. The van der Waals surface area contributed by atoms with Gasteiger partial charge in [-0.25, -0.2) is 8.42 Å². The molecule has 1 aromatic carbocycles. The number of ether oxygens (including phenoxy) is 1. The van der Waals surface area contributed by atoms with Crippen LogP contribution in [0.1, 0.15) is 16.8 Å². The first kappa shape index (κ1) is 15.7. The van der Waals surface area contributed by atoms with Crippen LogP contribution in [0, 0.1) is 0 Å². The van der Waals surface area contributed by atoms with Gasteiger partial charge in [-0.15, -0.1) is 0 Å². The van der Waals surface area contributed by atoms with E-state index in [2.05, 4.69) is 4.74 Å². The lowest BCUT2D eigenvalue weighted by Gasteiger charge is -2.23. The molecule has 8 heteroatoms. The summed E-state index contributed by atoms with van der Waals surface area (Å²) in [7, 11) is -1.53. The van der Waals surface area contributed by atoms with Crippen molar-refractivity contribution in [1.29, 1.82) is 0 Å². The molecule has 0 aliphatic carbocycles. The van der Waals surface area contributed by atoms with E-state index in [0.29, 0.717) is 12.0 Å². The summed E-state index contributed by atoms with van der Waals surface area (Å²) in [5, 5.41) is 0. The Morgan fingerprint density at radius 2 is 1.95 bits per heavy atom. The summed E-state index contributed by atoms with van der Waals surface area (Å²) < 4.78 is 51.1. The number of amides is 1. The topological polar surface area (TPSA) is 63.7 Å². The van der Waals surface area contributed by atoms with E-state index in [4.69, 9.17) is 0 Å². The second-order valence-corrected chi connectivity index (χ2v) is 7.10. The fraction of sp³-hybridized carbons (Fsp3) is 0.462. The van der Waals surface area contributed by atoms with E-state index in [9.17, 15) is 22.0 Å². The van der Waals surface area contributed by atoms with Crippen LogP contribution in [0.5, 0.6) is 5.75 Å². The van der Waals surface area contributed by atoms with Crippen LogP contribution in [-0.2, 0) is 9.84 Å². The number of hydrogen-bond donors (Lipinski definition) is 0. The summed E-state index contributed by atoms with van der Waals surface area (Å²) in [4.78, 5) is 13.6. The first-order valence-electron chi connectivity index (χ1n) is 6.31. The van der Waals surface area contributed by atoms with Crippen LogP contribution < -0.4 is 4.74 Å². The Bertz CT molecular complexity index is 616. The molecule has 116 valence electrons. The molecule has 0 N–H and O–H groups in total. The standard InChI is InChI=1S/C13H15F2NO4S/c1-16(10-6-7-21(18,19)8-10)12(17)9-2-4-11(5-3-9)20-13(14)15/h2-5,10,13H,6-8H2,1H3. The molecule has 1 atom stereocenters. The first-order chi connectivity index (χ1) is 9.78. The van der Waals surface area contributed by atoms with Gasteiger partial charge in [-0.2, -0.15) is 8.78 Å². The molecule has 1 amide bonds. The maximum absolute atomic E-state index is 12.2. The summed E-state index contributed by atoms with van der Waals surface area (Å²) in [6.45, 7) is -2.92. The molecule has 0 radical (unpaired) electrons. The molecule has 1 unspecified atom stereocenters. The van der Waals surface area contributed by atoms with Gasteiger partial charge in [0, 0.05) is 18.7 Å². The zero-order valence-corrected chi connectivity index (χ0v) is 12.1. The molecule has 1 fully saturated rings. The molecule has 5 nitrogen and oxygen atoms in total. The minimum absolute atomic E-state index is 0.0346. The molecule has 21 heavy (non-hydrogen) atoms. The molecule has 0 spiro atoms. The van der Waals surface area contributed by atoms with Crippen molar-refractivity contribution in [2.75, 3.05) is 18.6 Å². The van der Waals surface area contributed by atoms with E-state index >= 15 is 0 Å². The molecule has 0 aromatic heterocycles. The number of sulfone groups is 1. The lowest BCUT2D eigenvalue weighted by molar-refractivity contribution is -0.0498. The molecule has 0 saturated carbocycles. The molecular formula is C13H15F2NO4S. The molecular weight excluding hydrogens is 304 g/mol. The largest absolute Gasteiger partial charge is 0.435 e. The van der Waals surface area contributed by atoms with Gasteiger partial charge in [-0.1, -0.05) is 0 Å². The monoisotopic (exact) mass is 319 g/mol. The van der Waals surface area contributed by atoms with Crippen LogP contribution in [0.4, 0.5) is 8.78 Å². The molecule has 2 rings (SSSR count). The van der Waals surface area contributed by atoms with Gasteiger partial charge >= 0.3 is 6.61 Å². The van der Waals surface area contributed by atoms with Crippen molar-refractivity contribution in [2.24, 2.45) is 0 Å². The Labute approximate surface area is 121 Å². The zero-order valence-electron chi connectivity index (χ0n) is 11.3. The number of rotatable bonds is 4. The van der Waals surface area contributed by atoms with E-state index in [1.54, 1.807) is 0 Å². The molecule has 1 saturated heterocycles. The van der Waals surface area contributed by atoms with Crippen LogP contribution >= 0.6 is 0 Å². The van der Waals surface area contributed by atoms with Gasteiger partial charge in [0.1, 0.15) is 5.75 Å². The van der Waals surface area contributed by atoms with Crippen molar-refractivity contribution >= 4 is 15.7 Å². The zero-order chi connectivity index (χ0) is 15.6. The smallest absolute Gasteiger partial charge is 0.387 e. The van der Waals surface area contributed by atoms with Gasteiger partial charge in [-0.3, -0.25) is 4.79 Å². The Balaban J connectivity index is 2.06. The quantitative estimate of drug-likeness (QED) is 0.844. The summed E-state index contributed by atoms with van der Waals surface area (Å²) in [6, 6.07) is 4.96. The summed E-state index contributed by atoms with van der Waals surface area (Å²) >= 11 is 0. The third-order valence-corrected chi connectivity index (χ3v) is 5.15. The highest BCUT2D eigenvalue weighted by Crippen LogP contribution is 2.20. The van der Waals surface area contributed by atoms with Gasteiger partial charge in [0.2, 0.25) is 0 Å². The second kappa shape index (κ2) is 5.97. The number of benzene rings is 1. The number of alkyl halides is 2. The van der Waals surface area contributed by atoms with Gasteiger partial charge in [0.15, 0.2) is 9.84 Å². The van der Waals surface area contributed by atoms with Crippen molar-refractivity contribution in [3.05, 3.63) is 29.8 Å². The molecule has 1 aromatic rings. The Morgan fingerprint density at radius 3 is 2.43 bits per heavy atom. The fourth-order valence-electron chi connectivity index (χ4n) is 2.23. The minimum atomic E-state index is -3.07. The summed E-state index contributed by atoms with van der Waals surface area (Å²) in [5.41, 5.74) is 0.295. The number of nitrogens with zero attached hydrogens (tertiary/aromatic N) is 1. The Morgan fingerprint density at radius 1 is 1.33 bits per heavy atom. The first-order valence-corrected chi connectivity index (χ1v) is 8.13. The van der Waals surface area contributed by atoms with Crippen molar-refractivity contribution in [1.82, 2.24) is 4.90 Å². The van der Waals surface area contributed by atoms with Crippen LogP contribution in [0.15, 0.2) is 24.3 Å². The maximum Gasteiger partial charge on any atom is 0.387 e. The average molecular weight is 319 g/mol. The van der Waals surface area contributed by atoms with Crippen molar-refractivity contribution in [3.63, 3.8) is 0 Å². The fourth-order valence-corrected chi connectivity index (χ4v) is 4.00. The number of halogens is 2. The highest BCUT2D eigenvalue weighted by Gasteiger charge is 2.33. The molecule has 1 aliphatic heterocycles. The number of hydrogen-bond acceptors (Lipinski definition) is 4. The van der Waals surface area contributed by atoms with Crippen LogP contribution in [0.25, 0.3) is 0 Å². The molecule has 1 aliphatic rings. The molecule has 1 heterocycles. The van der Waals surface area contributed by atoms with E-state index < -0.39 is 16.4 Å². The summed E-state index contributed by atoms with van der Waals surface area (Å²) in [5.74, 6) is -0.341. The normalized spacial score (nSPS) is 20.5. The van der Waals surface area contributed by atoms with E-state index in [1.165, 1.54) is 36.2 Å². The van der Waals surface area contributed by atoms with Crippen molar-refractivity contribution < 1.29 is 26.7 Å². The van der Waals surface area contributed by atoms with Crippen LogP contribution in [-0.4, -0.2) is 50.4 Å². The van der Waals surface area contributed by atoms with Gasteiger partial charge in [0.25, 0.3) is 5.91 Å². The van der Waals surface area contributed by atoms with E-state index in [0.717, 1.165) is 0 Å². The van der Waals surface area contributed by atoms with E-state index in [-0.39, 0.29) is 29.2 Å². The predicted octanol–water partition coefficient (Wildman–Crippen LogP) is 1.55. The van der Waals surface area contributed by atoms with Gasteiger partial charge in [-0.05, 0) is 30.7 Å². The van der Waals surface area contributed by atoms with Gasteiger partial charge < -0.3 is 9.64 Å². The van der Waals surface area contributed by atoms with Crippen LogP contribution in [0.3, 0.4) is 0 Å². The predicted molar refractivity (Wildman–Crippen MR) is 72.2 cm³/mol. The Hall–Kier alpha value is -1.70. The average Bonchev–Trinajstić information content (AvgIpc) is 2.77. The highest BCUT2D eigenvalue weighted by atomic mass is 32.2. The Kier molecular flexibility index (Phi) is 4.46. The van der Waals surface area contributed by atoms with E-state index in [1.807, 2.05) is 0 Å². The second-order valence-electron chi connectivity index (χ2n) is 4.88. The van der Waals surface area contributed by atoms with Crippen LogP contribution in [0.2, 0.25) is 0 Å². The lowest BCUT2D eigenvalue weighted by Crippen LogP contribution is -2.37. The third kappa shape index (κ3) is 3.90. The number of carbonyl (C=O) groups excluding carboxylic acids is 1. The minimum Gasteiger partial charge on any atom is -0.435 e. The summed E-state index contributed by atoms with van der Waals surface area (Å²) in [6.07, 6.45) is 0.414. The maximum atomic E-state index is 12.2. The highest BCUT2D eigenvalue weighted by molar-refractivity contribution is 7.91. The molecule has 0 bridgehead atoms. The SMILES string of the molecule is CN(C(=O)c1ccc(OC(F)F)cc1)C1CCS(=O)(=O)C1. The lowest BCUT2D eigenvalue weighted by atomic mass is 10.1. The van der Waals surface area contributed by atoms with Crippen molar-refractivity contribution in [2.45, 2.75) is 19.1 Å². The van der Waals surface area contributed by atoms with Gasteiger partial charge in [0.05, 0.1) is 11.5 Å². The van der Waals surface area contributed by atoms with Crippen molar-refractivity contribution in [3.8, 4) is 5.75 Å².